The summed E-state index contributed by atoms with van der Waals surface area (Å²) in [5.74, 6) is 0.290. The summed E-state index contributed by atoms with van der Waals surface area (Å²) < 4.78 is 14.3. The fourth-order valence-electron chi connectivity index (χ4n) is 2.82. The molecule has 1 aromatic rings. The first kappa shape index (κ1) is 16.2. The number of para-hydroxylation sites is 1. The second-order valence-electron chi connectivity index (χ2n) is 7.22. The first-order valence-electron chi connectivity index (χ1n) is 7.68. The summed E-state index contributed by atoms with van der Waals surface area (Å²) in [4.78, 5) is 1.99. The van der Waals surface area contributed by atoms with E-state index in [1.807, 2.05) is 18.0 Å². The van der Waals surface area contributed by atoms with E-state index in [0.717, 1.165) is 24.9 Å². The third-order valence-electron chi connectivity index (χ3n) is 4.00. The van der Waals surface area contributed by atoms with E-state index < -0.39 is 0 Å². The molecular formula is C17H27FN2O. The molecule has 2 N–H and O–H groups in total. The third-order valence-corrected chi connectivity index (χ3v) is 4.00. The van der Waals surface area contributed by atoms with Crippen LogP contribution in [0, 0.1) is 11.7 Å². The van der Waals surface area contributed by atoms with Crippen LogP contribution in [-0.2, 0) is 6.54 Å². The normalized spacial score (nSPS) is 22.0. The molecule has 0 amide bonds. The van der Waals surface area contributed by atoms with Crippen molar-refractivity contribution in [3.63, 3.8) is 0 Å². The molecular weight excluding hydrogens is 267 g/mol. The van der Waals surface area contributed by atoms with E-state index in [-0.39, 0.29) is 17.5 Å². The molecule has 0 bridgehead atoms. The van der Waals surface area contributed by atoms with Crippen molar-refractivity contribution in [1.82, 2.24) is 5.32 Å². The van der Waals surface area contributed by atoms with Gasteiger partial charge < -0.3 is 15.3 Å². The van der Waals surface area contributed by atoms with Crippen LogP contribution in [-0.4, -0.2) is 30.3 Å². The van der Waals surface area contributed by atoms with Gasteiger partial charge in [-0.05, 0) is 51.2 Å². The average molecular weight is 294 g/mol. The van der Waals surface area contributed by atoms with Gasteiger partial charge in [-0.2, -0.15) is 0 Å². The number of anilines is 1. The van der Waals surface area contributed by atoms with Crippen LogP contribution in [0.5, 0.6) is 0 Å². The molecule has 0 aromatic heterocycles. The minimum atomic E-state index is -0.175. The van der Waals surface area contributed by atoms with Gasteiger partial charge in [0.25, 0.3) is 0 Å². The highest BCUT2D eigenvalue weighted by Crippen LogP contribution is 2.31. The standard InChI is InChI=1S/C17H27FN2O/c1-17(2,3)19-10-13-6-5-7-15(18)16(13)20(4)11-12-8-14(21)9-12/h5-7,12,14,19,21H,8-11H2,1-4H3. The van der Waals surface area contributed by atoms with Crippen molar-refractivity contribution in [1.29, 1.82) is 0 Å². The van der Waals surface area contributed by atoms with E-state index in [0.29, 0.717) is 18.2 Å². The van der Waals surface area contributed by atoms with Crippen LogP contribution in [0.3, 0.4) is 0 Å². The minimum absolute atomic E-state index is 0.000239. The van der Waals surface area contributed by atoms with Gasteiger partial charge in [-0.1, -0.05) is 12.1 Å². The molecule has 0 saturated heterocycles. The van der Waals surface area contributed by atoms with Crippen LogP contribution in [0.25, 0.3) is 0 Å². The lowest BCUT2D eigenvalue weighted by molar-refractivity contribution is 0.0464. The zero-order valence-electron chi connectivity index (χ0n) is 13.5. The summed E-state index contributed by atoms with van der Waals surface area (Å²) in [6.07, 6.45) is 1.49. The second kappa shape index (κ2) is 6.32. The fraction of sp³-hybridized carbons (Fsp3) is 0.647. The van der Waals surface area contributed by atoms with Crippen LogP contribution in [0.15, 0.2) is 18.2 Å². The zero-order chi connectivity index (χ0) is 15.6. The monoisotopic (exact) mass is 294 g/mol. The van der Waals surface area contributed by atoms with E-state index in [9.17, 15) is 9.50 Å². The Kier molecular flexibility index (Phi) is 4.89. The van der Waals surface area contributed by atoms with Crippen molar-refractivity contribution in [3.05, 3.63) is 29.6 Å². The number of aliphatic hydroxyl groups excluding tert-OH is 1. The van der Waals surface area contributed by atoms with E-state index in [1.54, 1.807) is 6.07 Å². The summed E-state index contributed by atoms with van der Waals surface area (Å²) in [6.45, 7) is 7.75. The summed E-state index contributed by atoms with van der Waals surface area (Å²) in [6, 6.07) is 5.25. The molecule has 1 saturated carbocycles. The summed E-state index contributed by atoms with van der Waals surface area (Å²) >= 11 is 0. The Morgan fingerprint density at radius 2 is 2.00 bits per heavy atom. The molecule has 1 aromatic carbocycles. The average Bonchev–Trinajstić information content (AvgIpc) is 2.33. The number of aliphatic hydroxyl groups is 1. The zero-order valence-corrected chi connectivity index (χ0v) is 13.5. The minimum Gasteiger partial charge on any atom is -0.393 e. The molecule has 0 radical (unpaired) electrons. The topological polar surface area (TPSA) is 35.5 Å². The molecule has 0 atom stereocenters. The first-order valence-corrected chi connectivity index (χ1v) is 7.68. The molecule has 21 heavy (non-hydrogen) atoms. The predicted molar refractivity (Wildman–Crippen MR) is 85.0 cm³/mol. The SMILES string of the molecule is CN(CC1CC(O)C1)c1c(F)cccc1CNC(C)(C)C. The van der Waals surface area contributed by atoms with Crippen LogP contribution < -0.4 is 10.2 Å². The number of hydrogen-bond donors (Lipinski definition) is 2. The summed E-state index contributed by atoms with van der Waals surface area (Å²) in [5.41, 5.74) is 1.66. The van der Waals surface area contributed by atoms with Gasteiger partial charge >= 0.3 is 0 Å². The van der Waals surface area contributed by atoms with Crippen molar-refractivity contribution in [2.75, 3.05) is 18.5 Å². The molecule has 3 nitrogen and oxygen atoms in total. The lowest BCUT2D eigenvalue weighted by atomic mass is 9.82. The fourth-order valence-corrected chi connectivity index (χ4v) is 2.82. The Morgan fingerprint density at radius 1 is 1.33 bits per heavy atom. The second-order valence-corrected chi connectivity index (χ2v) is 7.22. The van der Waals surface area contributed by atoms with Gasteiger partial charge in [-0.25, -0.2) is 4.39 Å². The van der Waals surface area contributed by atoms with Crippen LogP contribution in [0.2, 0.25) is 0 Å². The van der Waals surface area contributed by atoms with Gasteiger partial charge in [0.1, 0.15) is 5.82 Å². The number of benzene rings is 1. The van der Waals surface area contributed by atoms with E-state index in [1.165, 1.54) is 6.07 Å². The number of nitrogens with one attached hydrogen (secondary N) is 1. The van der Waals surface area contributed by atoms with Crippen LogP contribution in [0.4, 0.5) is 10.1 Å². The molecule has 2 rings (SSSR count). The van der Waals surface area contributed by atoms with Gasteiger partial charge in [0.2, 0.25) is 0 Å². The predicted octanol–water partition coefficient (Wildman–Crippen LogP) is 2.92. The molecule has 1 aliphatic rings. The highest BCUT2D eigenvalue weighted by atomic mass is 19.1. The first-order chi connectivity index (χ1) is 9.76. The molecule has 0 aliphatic heterocycles. The van der Waals surface area contributed by atoms with Crippen LogP contribution in [0.1, 0.15) is 39.2 Å². The Bertz CT molecular complexity index is 478. The van der Waals surface area contributed by atoms with Crippen molar-refractivity contribution < 1.29 is 9.50 Å². The molecule has 4 heteroatoms. The maximum absolute atomic E-state index is 14.3. The van der Waals surface area contributed by atoms with Crippen molar-refractivity contribution in [2.45, 2.75) is 51.8 Å². The molecule has 0 heterocycles. The lowest BCUT2D eigenvalue weighted by Crippen LogP contribution is -2.38. The summed E-state index contributed by atoms with van der Waals surface area (Å²) in [5, 5.41) is 12.8. The largest absolute Gasteiger partial charge is 0.393 e. The maximum Gasteiger partial charge on any atom is 0.146 e. The van der Waals surface area contributed by atoms with E-state index in [2.05, 4.69) is 26.1 Å². The molecule has 0 unspecified atom stereocenters. The Hall–Kier alpha value is -1.13. The highest BCUT2D eigenvalue weighted by Gasteiger charge is 2.29. The Morgan fingerprint density at radius 3 is 2.57 bits per heavy atom. The van der Waals surface area contributed by atoms with Crippen molar-refractivity contribution in [2.24, 2.45) is 5.92 Å². The van der Waals surface area contributed by atoms with Gasteiger partial charge in [0.15, 0.2) is 0 Å². The molecule has 1 fully saturated rings. The van der Waals surface area contributed by atoms with Gasteiger partial charge in [0, 0.05) is 25.7 Å². The van der Waals surface area contributed by atoms with Crippen LogP contribution >= 0.6 is 0 Å². The Labute approximate surface area is 127 Å². The Balaban J connectivity index is 2.09. The maximum atomic E-state index is 14.3. The molecule has 0 spiro atoms. The third kappa shape index (κ3) is 4.42. The van der Waals surface area contributed by atoms with E-state index >= 15 is 0 Å². The smallest absolute Gasteiger partial charge is 0.146 e. The number of hydrogen-bond acceptors (Lipinski definition) is 3. The van der Waals surface area contributed by atoms with Crippen molar-refractivity contribution in [3.8, 4) is 0 Å². The number of halogens is 1. The lowest BCUT2D eigenvalue weighted by Gasteiger charge is -2.36. The summed E-state index contributed by atoms with van der Waals surface area (Å²) in [7, 11) is 1.93. The number of nitrogens with zero attached hydrogens (tertiary/aromatic N) is 1. The van der Waals surface area contributed by atoms with Gasteiger partial charge in [-0.15, -0.1) is 0 Å². The van der Waals surface area contributed by atoms with Crippen molar-refractivity contribution >= 4 is 5.69 Å². The molecule has 118 valence electrons. The van der Waals surface area contributed by atoms with Gasteiger partial charge in [0.05, 0.1) is 11.8 Å². The number of rotatable bonds is 5. The van der Waals surface area contributed by atoms with Gasteiger partial charge in [-0.3, -0.25) is 0 Å². The quantitative estimate of drug-likeness (QED) is 0.876. The van der Waals surface area contributed by atoms with E-state index in [4.69, 9.17) is 0 Å². The highest BCUT2D eigenvalue weighted by molar-refractivity contribution is 5.54. The molecule has 1 aliphatic carbocycles.